The molecule has 0 bridgehead atoms. The zero-order valence-corrected chi connectivity index (χ0v) is 15.9. The molecule has 27 heavy (non-hydrogen) atoms. The molecule has 2 aromatic rings. The maximum atomic E-state index is 13.0. The van der Waals surface area contributed by atoms with Gasteiger partial charge in [-0.25, -0.2) is 0 Å². The fourth-order valence-corrected chi connectivity index (χ4v) is 3.97. The second-order valence-corrected chi connectivity index (χ2v) is 7.97. The second-order valence-electron chi connectivity index (χ2n) is 7.53. The van der Waals surface area contributed by atoms with Gasteiger partial charge in [-0.15, -0.1) is 0 Å². The third-order valence-electron chi connectivity index (χ3n) is 5.51. The Balaban J connectivity index is 1.54. The number of rotatable bonds is 5. The summed E-state index contributed by atoms with van der Waals surface area (Å²) in [4.78, 5) is 27.6. The van der Waals surface area contributed by atoms with E-state index >= 15 is 0 Å². The van der Waals surface area contributed by atoms with Crippen molar-refractivity contribution in [3.63, 3.8) is 0 Å². The van der Waals surface area contributed by atoms with Gasteiger partial charge in [-0.05, 0) is 42.5 Å². The topological polar surface area (TPSA) is 49.4 Å². The van der Waals surface area contributed by atoms with E-state index in [-0.39, 0.29) is 23.7 Å². The van der Waals surface area contributed by atoms with E-state index in [2.05, 4.69) is 5.32 Å². The molecule has 2 aliphatic rings. The van der Waals surface area contributed by atoms with E-state index < -0.39 is 0 Å². The summed E-state index contributed by atoms with van der Waals surface area (Å²) in [7, 11) is 0. The predicted octanol–water partition coefficient (Wildman–Crippen LogP) is 3.72. The molecule has 2 amide bonds. The van der Waals surface area contributed by atoms with Crippen LogP contribution in [-0.4, -0.2) is 36.3 Å². The summed E-state index contributed by atoms with van der Waals surface area (Å²) in [5.41, 5.74) is 1.67. The van der Waals surface area contributed by atoms with Crippen LogP contribution in [0.25, 0.3) is 0 Å². The van der Waals surface area contributed by atoms with Gasteiger partial charge in [0, 0.05) is 36.1 Å². The summed E-state index contributed by atoms with van der Waals surface area (Å²) in [6, 6.07) is 17.0. The maximum absolute atomic E-state index is 13.0. The second kappa shape index (κ2) is 7.73. The zero-order valence-electron chi connectivity index (χ0n) is 15.1. The van der Waals surface area contributed by atoms with Crippen molar-refractivity contribution >= 4 is 23.4 Å². The van der Waals surface area contributed by atoms with Gasteiger partial charge >= 0.3 is 0 Å². The van der Waals surface area contributed by atoms with Crippen LogP contribution < -0.4 is 5.32 Å². The van der Waals surface area contributed by atoms with E-state index in [1.165, 1.54) is 12.8 Å². The number of likely N-dealkylation sites (tertiary alicyclic amines) is 1. The Morgan fingerprint density at radius 3 is 2.52 bits per heavy atom. The van der Waals surface area contributed by atoms with Gasteiger partial charge in [0.25, 0.3) is 5.91 Å². The van der Waals surface area contributed by atoms with Gasteiger partial charge in [0.05, 0.1) is 5.92 Å². The number of hydrogen-bond donors (Lipinski definition) is 1. The van der Waals surface area contributed by atoms with Crippen molar-refractivity contribution in [1.82, 2.24) is 10.2 Å². The molecule has 2 fully saturated rings. The Morgan fingerprint density at radius 1 is 1.04 bits per heavy atom. The highest BCUT2D eigenvalue weighted by atomic mass is 35.5. The molecule has 4 nitrogen and oxygen atoms in total. The number of nitrogens with zero attached hydrogens (tertiary/aromatic N) is 1. The fourth-order valence-electron chi connectivity index (χ4n) is 3.78. The Hall–Kier alpha value is -2.33. The predicted molar refractivity (Wildman–Crippen MR) is 106 cm³/mol. The molecule has 0 spiro atoms. The molecule has 1 aliphatic carbocycles. The average Bonchev–Trinajstić information content (AvgIpc) is 3.42. The number of amides is 2. The summed E-state index contributed by atoms with van der Waals surface area (Å²) in [6.07, 6.45) is 2.40. The number of nitrogens with one attached hydrogen (secondary N) is 1. The molecule has 2 aromatic carbocycles. The van der Waals surface area contributed by atoms with Crippen molar-refractivity contribution in [1.29, 1.82) is 0 Å². The zero-order chi connectivity index (χ0) is 18.8. The van der Waals surface area contributed by atoms with Crippen LogP contribution in [0.1, 0.15) is 34.7 Å². The van der Waals surface area contributed by atoms with E-state index in [0.29, 0.717) is 29.6 Å². The molecule has 1 saturated carbocycles. The van der Waals surface area contributed by atoms with Crippen molar-refractivity contribution in [3.8, 4) is 0 Å². The van der Waals surface area contributed by atoms with Crippen LogP contribution in [0.4, 0.5) is 0 Å². The van der Waals surface area contributed by atoms with Gasteiger partial charge in [0.15, 0.2) is 0 Å². The van der Waals surface area contributed by atoms with Crippen LogP contribution in [-0.2, 0) is 4.79 Å². The Kier molecular flexibility index (Phi) is 5.17. The van der Waals surface area contributed by atoms with Crippen LogP contribution in [0.3, 0.4) is 0 Å². The van der Waals surface area contributed by atoms with Gasteiger partial charge in [-0.2, -0.15) is 0 Å². The minimum Gasteiger partial charge on any atom is -0.356 e. The number of benzene rings is 2. The summed E-state index contributed by atoms with van der Waals surface area (Å²) in [5, 5.41) is 3.64. The minimum atomic E-state index is -0.228. The van der Waals surface area contributed by atoms with Crippen LogP contribution in [0.2, 0.25) is 5.02 Å². The fraction of sp³-hybridized carbons (Fsp3) is 0.364. The highest BCUT2D eigenvalue weighted by Gasteiger charge is 2.40. The van der Waals surface area contributed by atoms with E-state index in [0.717, 1.165) is 12.1 Å². The normalized spacial score (nSPS) is 21.9. The van der Waals surface area contributed by atoms with Gasteiger partial charge in [-0.1, -0.05) is 48.0 Å². The highest BCUT2D eigenvalue weighted by molar-refractivity contribution is 6.30. The van der Waals surface area contributed by atoms with Crippen molar-refractivity contribution in [2.45, 2.75) is 18.8 Å². The molecule has 0 unspecified atom stereocenters. The molecule has 1 saturated heterocycles. The molecular weight excluding hydrogens is 360 g/mol. The van der Waals surface area contributed by atoms with Gasteiger partial charge < -0.3 is 10.2 Å². The molecule has 1 aliphatic heterocycles. The lowest BCUT2D eigenvalue weighted by Crippen LogP contribution is -2.36. The summed E-state index contributed by atoms with van der Waals surface area (Å²) in [6.45, 7) is 1.72. The lowest BCUT2D eigenvalue weighted by molar-refractivity contribution is -0.125. The molecular formula is C22H23ClN2O2. The van der Waals surface area contributed by atoms with Crippen molar-refractivity contribution in [3.05, 3.63) is 70.7 Å². The first-order chi connectivity index (χ1) is 13.1. The summed E-state index contributed by atoms with van der Waals surface area (Å²) in [5.74, 6) is 0.394. The average molecular weight is 383 g/mol. The molecule has 1 heterocycles. The Labute approximate surface area is 164 Å². The molecule has 2 atom stereocenters. The van der Waals surface area contributed by atoms with E-state index in [4.69, 9.17) is 11.6 Å². The smallest absolute Gasteiger partial charge is 0.253 e. The van der Waals surface area contributed by atoms with E-state index in [1.54, 1.807) is 29.2 Å². The number of carbonyl (C=O) groups is 2. The van der Waals surface area contributed by atoms with Crippen LogP contribution in [0.15, 0.2) is 54.6 Å². The molecule has 4 rings (SSSR count). The summed E-state index contributed by atoms with van der Waals surface area (Å²) < 4.78 is 0. The molecule has 140 valence electrons. The number of carbonyl (C=O) groups excluding carboxylic acids is 2. The van der Waals surface area contributed by atoms with Gasteiger partial charge in [-0.3, -0.25) is 9.59 Å². The van der Waals surface area contributed by atoms with Crippen LogP contribution in [0.5, 0.6) is 0 Å². The highest BCUT2D eigenvalue weighted by Crippen LogP contribution is 2.34. The van der Waals surface area contributed by atoms with Gasteiger partial charge in [0.2, 0.25) is 5.91 Å². The van der Waals surface area contributed by atoms with E-state index in [9.17, 15) is 9.59 Å². The van der Waals surface area contributed by atoms with Crippen molar-refractivity contribution in [2.75, 3.05) is 19.6 Å². The monoisotopic (exact) mass is 382 g/mol. The molecule has 5 heteroatoms. The quantitative estimate of drug-likeness (QED) is 0.856. The Morgan fingerprint density at radius 2 is 1.81 bits per heavy atom. The lowest BCUT2D eigenvalue weighted by atomic mass is 9.88. The number of hydrogen-bond acceptors (Lipinski definition) is 2. The van der Waals surface area contributed by atoms with Gasteiger partial charge in [0.1, 0.15) is 0 Å². The van der Waals surface area contributed by atoms with Crippen LogP contribution in [0, 0.1) is 11.8 Å². The van der Waals surface area contributed by atoms with Crippen molar-refractivity contribution < 1.29 is 9.59 Å². The molecule has 1 N–H and O–H groups in total. The third kappa shape index (κ3) is 4.16. The first-order valence-corrected chi connectivity index (χ1v) is 9.87. The first kappa shape index (κ1) is 18.1. The summed E-state index contributed by atoms with van der Waals surface area (Å²) >= 11 is 6.04. The third-order valence-corrected chi connectivity index (χ3v) is 5.74. The minimum absolute atomic E-state index is 0.00790. The first-order valence-electron chi connectivity index (χ1n) is 9.49. The standard InChI is InChI=1S/C22H23ClN2O2/c23-18-8-4-7-17(11-18)22(27)25-13-19(16-5-2-1-3-6-16)20(14-25)21(26)24-12-15-9-10-15/h1-8,11,15,19-20H,9-10,12-14H2,(H,24,26)/t19-,20-/m1/s1. The van der Waals surface area contributed by atoms with Crippen molar-refractivity contribution in [2.24, 2.45) is 11.8 Å². The maximum Gasteiger partial charge on any atom is 0.253 e. The number of halogens is 1. The lowest BCUT2D eigenvalue weighted by Gasteiger charge is -2.18. The molecule has 0 aromatic heterocycles. The Bertz CT molecular complexity index is 835. The van der Waals surface area contributed by atoms with Crippen LogP contribution >= 0.6 is 11.6 Å². The molecule has 0 radical (unpaired) electrons. The van der Waals surface area contributed by atoms with E-state index in [1.807, 2.05) is 30.3 Å². The largest absolute Gasteiger partial charge is 0.356 e. The SMILES string of the molecule is O=C(NCC1CC1)[C@@H]1CN(C(=O)c2cccc(Cl)c2)C[C@@H]1c1ccccc1.